The van der Waals surface area contributed by atoms with Crippen molar-refractivity contribution >= 4 is 23.4 Å². The van der Waals surface area contributed by atoms with E-state index in [4.69, 9.17) is 22.1 Å². The van der Waals surface area contributed by atoms with E-state index in [1.165, 1.54) is 25.1 Å². The second-order valence-corrected chi connectivity index (χ2v) is 7.38. The van der Waals surface area contributed by atoms with Crippen molar-refractivity contribution in [2.24, 2.45) is 11.1 Å². The quantitative estimate of drug-likeness (QED) is 0.869. The minimum Gasteiger partial charge on any atom is -0.378 e. The normalized spacial score (nSPS) is 24.1. The van der Waals surface area contributed by atoms with Crippen LogP contribution in [0.1, 0.15) is 59.9 Å². The lowest BCUT2D eigenvalue weighted by atomic mass is 9.60. The van der Waals surface area contributed by atoms with Gasteiger partial charge in [-0.1, -0.05) is 24.4 Å². The number of amides is 2. The zero-order valence-electron chi connectivity index (χ0n) is 14.6. The topological polar surface area (TPSA) is 85.5 Å². The maximum absolute atomic E-state index is 12.9. The summed E-state index contributed by atoms with van der Waals surface area (Å²) in [7, 11) is 1.80. The summed E-state index contributed by atoms with van der Waals surface area (Å²) in [4.78, 5) is 29.9. The predicted molar refractivity (Wildman–Crippen MR) is 94.6 cm³/mol. The van der Waals surface area contributed by atoms with Crippen LogP contribution in [0.25, 0.3) is 0 Å². The molecule has 2 fully saturated rings. The molecule has 1 aromatic heterocycles. The van der Waals surface area contributed by atoms with E-state index in [9.17, 15) is 9.59 Å². The molecule has 1 heterocycles. The summed E-state index contributed by atoms with van der Waals surface area (Å²) in [6.07, 6.45) is 6.88. The molecule has 25 heavy (non-hydrogen) atoms. The van der Waals surface area contributed by atoms with Gasteiger partial charge in [-0.3, -0.25) is 9.59 Å². The molecular weight excluding hydrogens is 342 g/mol. The van der Waals surface area contributed by atoms with Crippen molar-refractivity contribution in [1.29, 1.82) is 0 Å². The zero-order chi connectivity index (χ0) is 18.2. The van der Waals surface area contributed by atoms with Crippen LogP contribution in [0, 0.1) is 5.41 Å². The van der Waals surface area contributed by atoms with E-state index >= 15 is 0 Å². The second kappa shape index (κ2) is 6.92. The molecule has 2 N–H and O–H groups in total. The average Bonchev–Trinajstić information content (AvgIpc) is 3.09. The number of carbonyl (C=O) groups excluding carboxylic acids is 2. The Hall–Kier alpha value is -1.66. The Morgan fingerprint density at radius 2 is 2.12 bits per heavy atom. The summed E-state index contributed by atoms with van der Waals surface area (Å²) >= 11 is 6.17. The standard InChI is InChI=1S/C18H24ClN3O3/c1-3-25-14-9-13(18(14)6-4-5-7-18)22(2)17(24)15-12(19)8-11(10-21-15)16(20)23/h8,10,13-14H,3-7,9H2,1-2H3,(H2,20,23). The summed E-state index contributed by atoms with van der Waals surface area (Å²) in [6, 6.07) is 1.53. The third-order valence-electron chi connectivity index (χ3n) is 5.76. The first-order valence-corrected chi connectivity index (χ1v) is 9.12. The number of ether oxygens (including phenoxy) is 1. The number of rotatable bonds is 5. The molecule has 2 aliphatic carbocycles. The Morgan fingerprint density at radius 1 is 1.44 bits per heavy atom. The predicted octanol–water partition coefficient (Wildman–Crippen LogP) is 2.64. The van der Waals surface area contributed by atoms with Gasteiger partial charge in [0.2, 0.25) is 5.91 Å². The number of nitrogens with two attached hydrogens (primary N) is 1. The number of halogens is 1. The monoisotopic (exact) mass is 365 g/mol. The minimum absolute atomic E-state index is 0.0556. The molecule has 1 aromatic rings. The molecule has 2 atom stereocenters. The number of hydrogen-bond acceptors (Lipinski definition) is 4. The van der Waals surface area contributed by atoms with Crippen LogP contribution in [0.3, 0.4) is 0 Å². The van der Waals surface area contributed by atoms with Gasteiger partial charge in [0.1, 0.15) is 5.69 Å². The number of pyridine rings is 1. The van der Waals surface area contributed by atoms with Crippen LogP contribution in [0.15, 0.2) is 12.3 Å². The van der Waals surface area contributed by atoms with Gasteiger partial charge in [-0.15, -0.1) is 0 Å². The Morgan fingerprint density at radius 3 is 2.68 bits per heavy atom. The molecule has 2 unspecified atom stereocenters. The maximum atomic E-state index is 12.9. The van der Waals surface area contributed by atoms with Crippen LogP contribution in [0.2, 0.25) is 5.02 Å². The van der Waals surface area contributed by atoms with Gasteiger partial charge in [0.05, 0.1) is 16.7 Å². The molecule has 1 spiro atoms. The lowest BCUT2D eigenvalue weighted by molar-refractivity contribution is -0.152. The summed E-state index contributed by atoms with van der Waals surface area (Å²) < 4.78 is 5.92. The number of hydrogen-bond donors (Lipinski definition) is 1. The molecule has 0 bridgehead atoms. The van der Waals surface area contributed by atoms with Gasteiger partial charge >= 0.3 is 0 Å². The molecule has 6 nitrogen and oxygen atoms in total. The Bertz CT molecular complexity index is 688. The van der Waals surface area contributed by atoms with Crippen LogP contribution in [0.4, 0.5) is 0 Å². The fourth-order valence-corrected chi connectivity index (χ4v) is 4.68. The van der Waals surface area contributed by atoms with Crippen molar-refractivity contribution in [2.75, 3.05) is 13.7 Å². The van der Waals surface area contributed by atoms with E-state index in [1.807, 2.05) is 6.92 Å². The van der Waals surface area contributed by atoms with Crippen molar-refractivity contribution in [3.63, 3.8) is 0 Å². The second-order valence-electron chi connectivity index (χ2n) is 6.97. The summed E-state index contributed by atoms with van der Waals surface area (Å²) in [5.41, 5.74) is 5.62. The minimum atomic E-state index is -0.620. The number of nitrogens with zero attached hydrogens (tertiary/aromatic N) is 2. The van der Waals surface area contributed by atoms with Crippen LogP contribution in [-0.2, 0) is 4.74 Å². The van der Waals surface area contributed by atoms with E-state index in [2.05, 4.69) is 4.98 Å². The van der Waals surface area contributed by atoms with Crippen LogP contribution in [-0.4, -0.2) is 47.5 Å². The molecule has 0 radical (unpaired) electrons. The van der Waals surface area contributed by atoms with Crippen molar-refractivity contribution < 1.29 is 14.3 Å². The van der Waals surface area contributed by atoms with Crippen molar-refractivity contribution in [3.8, 4) is 0 Å². The van der Waals surface area contributed by atoms with Crippen molar-refractivity contribution in [3.05, 3.63) is 28.5 Å². The average molecular weight is 366 g/mol. The van der Waals surface area contributed by atoms with E-state index < -0.39 is 5.91 Å². The molecule has 0 saturated heterocycles. The molecule has 136 valence electrons. The molecule has 2 saturated carbocycles. The van der Waals surface area contributed by atoms with Gasteiger partial charge in [-0.2, -0.15) is 0 Å². The Kier molecular flexibility index (Phi) is 5.02. The van der Waals surface area contributed by atoms with Gasteiger partial charge < -0.3 is 15.4 Å². The van der Waals surface area contributed by atoms with E-state index in [0.717, 1.165) is 19.3 Å². The Balaban J connectivity index is 1.80. The van der Waals surface area contributed by atoms with Gasteiger partial charge in [-0.05, 0) is 32.3 Å². The highest BCUT2D eigenvalue weighted by Gasteiger charge is 2.59. The third-order valence-corrected chi connectivity index (χ3v) is 6.05. The third kappa shape index (κ3) is 3.02. The highest BCUT2D eigenvalue weighted by Crippen LogP contribution is 2.56. The van der Waals surface area contributed by atoms with Crippen molar-refractivity contribution in [1.82, 2.24) is 9.88 Å². The molecule has 0 aromatic carbocycles. The lowest BCUT2D eigenvalue weighted by Crippen LogP contribution is -2.64. The molecule has 2 amide bonds. The largest absolute Gasteiger partial charge is 0.378 e. The van der Waals surface area contributed by atoms with Gasteiger partial charge in [0, 0.05) is 31.3 Å². The molecule has 2 aliphatic rings. The number of primary amides is 1. The highest BCUT2D eigenvalue weighted by atomic mass is 35.5. The summed E-state index contributed by atoms with van der Waals surface area (Å²) in [6.45, 7) is 2.70. The number of aromatic nitrogens is 1. The first-order chi connectivity index (χ1) is 11.9. The highest BCUT2D eigenvalue weighted by molar-refractivity contribution is 6.33. The SMILES string of the molecule is CCOC1CC(N(C)C(=O)c2ncc(C(N)=O)cc2Cl)C12CCCC2. The summed E-state index contributed by atoms with van der Waals surface area (Å²) in [5, 5.41) is 0.148. The fourth-order valence-electron chi connectivity index (χ4n) is 4.43. The first kappa shape index (κ1) is 18.1. The maximum Gasteiger partial charge on any atom is 0.274 e. The first-order valence-electron chi connectivity index (χ1n) is 8.75. The van der Waals surface area contributed by atoms with Gasteiger partial charge in [0.25, 0.3) is 5.91 Å². The Labute approximate surface area is 152 Å². The zero-order valence-corrected chi connectivity index (χ0v) is 15.4. The smallest absolute Gasteiger partial charge is 0.274 e. The molecule has 7 heteroatoms. The van der Waals surface area contributed by atoms with Crippen LogP contribution in [0.5, 0.6) is 0 Å². The van der Waals surface area contributed by atoms with E-state index in [-0.39, 0.29) is 39.7 Å². The van der Waals surface area contributed by atoms with Crippen LogP contribution < -0.4 is 5.73 Å². The van der Waals surface area contributed by atoms with Gasteiger partial charge in [-0.25, -0.2) is 4.98 Å². The lowest BCUT2D eigenvalue weighted by Gasteiger charge is -2.56. The van der Waals surface area contributed by atoms with Gasteiger partial charge in [0.15, 0.2) is 0 Å². The summed E-state index contributed by atoms with van der Waals surface area (Å²) in [5.74, 6) is -0.850. The van der Waals surface area contributed by atoms with E-state index in [1.54, 1.807) is 11.9 Å². The van der Waals surface area contributed by atoms with Crippen molar-refractivity contribution in [2.45, 2.75) is 51.2 Å². The van der Waals surface area contributed by atoms with E-state index in [0.29, 0.717) is 6.61 Å². The molecule has 3 rings (SSSR count). The molecular formula is C18H24ClN3O3. The number of carbonyl (C=O) groups is 2. The fraction of sp³-hybridized carbons (Fsp3) is 0.611. The molecule has 0 aliphatic heterocycles. The van der Waals surface area contributed by atoms with Crippen LogP contribution >= 0.6 is 11.6 Å².